The molecule has 80 valence electrons. The largest absolute Gasteiger partial charge is 0.351 e. The first-order valence-electron chi connectivity index (χ1n) is 5.57. The Bertz CT molecular complexity index is 223. The van der Waals surface area contributed by atoms with Gasteiger partial charge in [-0.3, -0.25) is 5.43 Å². The number of urea groups is 1. The summed E-state index contributed by atoms with van der Waals surface area (Å²) in [5.41, 5.74) is 8.19. The summed E-state index contributed by atoms with van der Waals surface area (Å²) in [6, 6.07) is -0.420. The van der Waals surface area contributed by atoms with Crippen molar-refractivity contribution in [2.24, 2.45) is 5.73 Å². The van der Waals surface area contributed by atoms with E-state index in [1.165, 1.54) is 44.9 Å². The number of nitrogens with one attached hydrogen (secondary N) is 1. The van der Waals surface area contributed by atoms with Crippen molar-refractivity contribution < 1.29 is 4.79 Å². The highest BCUT2D eigenvalue weighted by Gasteiger charge is 2.42. The van der Waals surface area contributed by atoms with Crippen LogP contribution < -0.4 is 11.2 Å². The van der Waals surface area contributed by atoms with Crippen molar-refractivity contribution in [2.75, 3.05) is 6.54 Å². The molecule has 4 heteroatoms. The van der Waals surface area contributed by atoms with Crippen LogP contribution in [0.4, 0.5) is 4.79 Å². The summed E-state index contributed by atoms with van der Waals surface area (Å²) in [6.07, 6.45) is 8.74. The van der Waals surface area contributed by atoms with Crippen molar-refractivity contribution in [3.05, 3.63) is 0 Å². The highest BCUT2D eigenvalue weighted by molar-refractivity contribution is 5.71. The number of hydrazine groups is 1. The molecule has 1 saturated heterocycles. The first-order valence-corrected chi connectivity index (χ1v) is 5.57. The minimum atomic E-state index is -0.420. The lowest BCUT2D eigenvalue weighted by Gasteiger charge is -2.41. The van der Waals surface area contributed by atoms with Crippen molar-refractivity contribution in [3.63, 3.8) is 0 Å². The van der Waals surface area contributed by atoms with Crippen molar-refractivity contribution in [1.82, 2.24) is 10.4 Å². The summed E-state index contributed by atoms with van der Waals surface area (Å²) in [4.78, 5) is 10.9. The summed E-state index contributed by atoms with van der Waals surface area (Å²) in [6.45, 7) is 0.961. The molecule has 0 unspecified atom stereocenters. The van der Waals surface area contributed by atoms with E-state index in [9.17, 15) is 4.79 Å². The molecular formula is C10H19N3O. The van der Waals surface area contributed by atoms with Gasteiger partial charge < -0.3 is 5.73 Å². The van der Waals surface area contributed by atoms with Crippen LogP contribution in [0.1, 0.15) is 44.9 Å². The number of rotatable bonds is 1. The molecule has 4 nitrogen and oxygen atoms in total. The zero-order chi connectivity index (χ0) is 10.0. The van der Waals surface area contributed by atoms with Crippen molar-refractivity contribution >= 4 is 6.03 Å². The molecule has 2 aliphatic rings. The van der Waals surface area contributed by atoms with Gasteiger partial charge in [0.05, 0.1) is 0 Å². The Morgan fingerprint density at radius 3 is 2.43 bits per heavy atom. The molecule has 2 rings (SSSR count). The van der Waals surface area contributed by atoms with E-state index in [-0.39, 0.29) is 5.54 Å². The highest BCUT2D eigenvalue weighted by atomic mass is 16.2. The predicted molar refractivity (Wildman–Crippen MR) is 54.5 cm³/mol. The molecule has 0 aromatic carbocycles. The fourth-order valence-electron chi connectivity index (χ4n) is 2.98. The Kier molecular flexibility index (Phi) is 2.63. The quantitative estimate of drug-likeness (QED) is 0.667. The number of nitrogens with zero attached hydrogens (tertiary/aromatic N) is 1. The lowest BCUT2D eigenvalue weighted by Crippen LogP contribution is -2.55. The van der Waals surface area contributed by atoms with Gasteiger partial charge in [0.25, 0.3) is 0 Å². The van der Waals surface area contributed by atoms with Gasteiger partial charge in [-0.1, -0.05) is 19.3 Å². The number of primary amides is 1. The van der Waals surface area contributed by atoms with Crippen molar-refractivity contribution in [1.29, 1.82) is 0 Å². The van der Waals surface area contributed by atoms with Gasteiger partial charge in [0, 0.05) is 12.1 Å². The second kappa shape index (κ2) is 3.77. The smallest absolute Gasteiger partial charge is 0.326 e. The molecule has 1 spiro atoms. The molecule has 1 aliphatic heterocycles. The zero-order valence-electron chi connectivity index (χ0n) is 8.59. The lowest BCUT2D eigenvalue weighted by molar-refractivity contribution is 0.0573. The molecule has 2 fully saturated rings. The Morgan fingerprint density at radius 2 is 1.79 bits per heavy atom. The van der Waals surface area contributed by atoms with Crippen LogP contribution in [-0.2, 0) is 0 Å². The maximum Gasteiger partial charge on any atom is 0.326 e. The molecular weight excluding hydrogens is 178 g/mol. The molecule has 2 amide bonds. The van der Waals surface area contributed by atoms with Gasteiger partial charge in [-0.05, 0) is 25.7 Å². The summed E-state index contributed by atoms with van der Waals surface area (Å²) in [7, 11) is 0. The van der Waals surface area contributed by atoms with Gasteiger partial charge in [0.1, 0.15) is 0 Å². The second-order valence-corrected chi connectivity index (χ2v) is 4.52. The highest BCUT2D eigenvalue weighted by Crippen LogP contribution is 2.40. The van der Waals surface area contributed by atoms with E-state index < -0.39 is 6.03 Å². The van der Waals surface area contributed by atoms with Crippen LogP contribution in [0.2, 0.25) is 0 Å². The van der Waals surface area contributed by atoms with Crippen LogP contribution in [0.25, 0.3) is 0 Å². The van der Waals surface area contributed by atoms with Gasteiger partial charge in [0.2, 0.25) is 0 Å². The van der Waals surface area contributed by atoms with E-state index in [2.05, 4.69) is 10.4 Å². The molecule has 0 aromatic rings. The van der Waals surface area contributed by atoms with Gasteiger partial charge in [0.15, 0.2) is 0 Å². The number of amides is 2. The van der Waals surface area contributed by atoms with Crippen LogP contribution in [0, 0.1) is 0 Å². The Morgan fingerprint density at radius 1 is 1.14 bits per heavy atom. The normalized spacial score (nSPS) is 26.6. The average molecular weight is 197 g/mol. The third-order valence-corrected chi connectivity index (χ3v) is 3.63. The summed E-state index contributed by atoms with van der Waals surface area (Å²) < 4.78 is 0. The van der Waals surface area contributed by atoms with E-state index in [4.69, 9.17) is 5.73 Å². The standard InChI is InChI=1S/C10H19N3O/c11-9(14)12-13-8-4-7-10(13)5-2-1-3-6-10/h1-8H2,(H3,11,12,14). The van der Waals surface area contributed by atoms with Gasteiger partial charge >= 0.3 is 6.03 Å². The Balaban J connectivity index is 2.03. The number of carbonyl (C=O) groups excluding carboxylic acids is 1. The van der Waals surface area contributed by atoms with E-state index >= 15 is 0 Å². The lowest BCUT2D eigenvalue weighted by atomic mass is 9.80. The monoisotopic (exact) mass is 197 g/mol. The van der Waals surface area contributed by atoms with E-state index in [1.807, 2.05) is 0 Å². The van der Waals surface area contributed by atoms with Crippen molar-refractivity contribution in [3.8, 4) is 0 Å². The molecule has 0 aromatic heterocycles. The molecule has 0 bridgehead atoms. The van der Waals surface area contributed by atoms with Crippen LogP contribution in [0.5, 0.6) is 0 Å². The Hall–Kier alpha value is -0.770. The topological polar surface area (TPSA) is 58.4 Å². The van der Waals surface area contributed by atoms with Crippen molar-refractivity contribution in [2.45, 2.75) is 50.5 Å². The van der Waals surface area contributed by atoms with E-state index in [1.54, 1.807) is 0 Å². The minimum Gasteiger partial charge on any atom is -0.351 e. The first-order chi connectivity index (χ1) is 6.73. The molecule has 1 heterocycles. The summed E-state index contributed by atoms with van der Waals surface area (Å²) in [5, 5.41) is 2.09. The number of carbonyl (C=O) groups is 1. The molecule has 0 radical (unpaired) electrons. The van der Waals surface area contributed by atoms with Crippen LogP contribution >= 0.6 is 0 Å². The van der Waals surface area contributed by atoms with Gasteiger partial charge in [-0.2, -0.15) is 0 Å². The number of hydrogen-bond acceptors (Lipinski definition) is 2. The Labute approximate surface area is 84.8 Å². The molecule has 3 N–H and O–H groups in total. The number of nitrogens with two attached hydrogens (primary N) is 1. The fraction of sp³-hybridized carbons (Fsp3) is 0.900. The average Bonchev–Trinajstić information content (AvgIpc) is 2.50. The molecule has 1 aliphatic carbocycles. The number of hydrogen-bond donors (Lipinski definition) is 2. The molecule has 14 heavy (non-hydrogen) atoms. The van der Waals surface area contributed by atoms with Crippen LogP contribution in [0.3, 0.4) is 0 Å². The molecule has 1 saturated carbocycles. The SMILES string of the molecule is NC(=O)NN1CCCC12CCCCC2. The second-order valence-electron chi connectivity index (χ2n) is 4.52. The fourth-order valence-corrected chi connectivity index (χ4v) is 2.98. The zero-order valence-corrected chi connectivity index (χ0v) is 8.59. The van der Waals surface area contributed by atoms with Crippen LogP contribution in [-0.4, -0.2) is 23.1 Å². The van der Waals surface area contributed by atoms with E-state index in [0.29, 0.717) is 0 Å². The maximum atomic E-state index is 10.9. The summed E-state index contributed by atoms with van der Waals surface area (Å²) >= 11 is 0. The maximum absolute atomic E-state index is 10.9. The molecule has 0 atom stereocenters. The first kappa shape index (κ1) is 9.77. The predicted octanol–water partition coefficient (Wildman–Crippen LogP) is 1.37. The third kappa shape index (κ3) is 1.71. The summed E-state index contributed by atoms with van der Waals surface area (Å²) in [5.74, 6) is 0. The van der Waals surface area contributed by atoms with Gasteiger partial charge in [-0.25, -0.2) is 9.80 Å². The van der Waals surface area contributed by atoms with E-state index in [0.717, 1.165) is 6.54 Å². The minimum absolute atomic E-state index is 0.243. The third-order valence-electron chi connectivity index (χ3n) is 3.63. The van der Waals surface area contributed by atoms with Gasteiger partial charge in [-0.15, -0.1) is 0 Å². The van der Waals surface area contributed by atoms with Crippen LogP contribution in [0.15, 0.2) is 0 Å².